The lowest BCUT2D eigenvalue weighted by Gasteiger charge is -2.32. The summed E-state index contributed by atoms with van der Waals surface area (Å²) in [4.78, 5) is 15.1. The van der Waals surface area contributed by atoms with Crippen molar-refractivity contribution in [3.8, 4) is 0 Å². The summed E-state index contributed by atoms with van der Waals surface area (Å²) < 4.78 is 32.0. The zero-order valence-electron chi connectivity index (χ0n) is 13.7. The van der Waals surface area contributed by atoms with Gasteiger partial charge in [0.15, 0.2) is 17.5 Å². The van der Waals surface area contributed by atoms with E-state index in [1.165, 1.54) is 0 Å². The van der Waals surface area contributed by atoms with Crippen LogP contribution >= 0.6 is 0 Å². The number of aryl methyl sites for hydroxylation is 1. The van der Waals surface area contributed by atoms with E-state index in [9.17, 15) is 8.78 Å². The molecule has 0 radical (unpaired) electrons. The molecule has 1 aliphatic rings. The molecule has 0 aliphatic carbocycles. The normalized spacial score (nSPS) is 18.0. The number of nitrogens with zero attached hydrogens (tertiary/aromatic N) is 5. The van der Waals surface area contributed by atoms with Gasteiger partial charge in [-0.1, -0.05) is 12.1 Å². The molecule has 3 heterocycles. The van der Waals surface area contributed by atoms with E-state index >= 15 is 0 Å². The van der Waals surface area contributed by atoms with Crippen molar-refractivity contribution in [3.05, 3.63) is 41.7 Å². The Morgan fingerprint density at radius 3 is 2.76 bits per heavy atom. The predicted molar refractivity (Wildman–Crippen MR) is 87.3 cm³/mol. The molecule has 6 nitrogen and oxygen atoms in total. The third-order valence-corrected chi connectivity index (χ3v) is 4.47. The molecule has 130 valence electrons. The maximum atomic E-state index is 13.5. The molecule has 1 aromatic carbocycles. The van der Waals surface area contributed by atoms with Gasteiger partial charge in [0, 0.05) is 37.6 Å². The Kier molecular flexibility index (Phi) is 4.03. The third-order valence-electron chi connectivity index (χ3n) is 4.47. The summed E-state index contributed by atoms with van der Waals surface area (Å²) in [7, 11) is 0. The zero-order chi connectivity index (χ0) is 17.4. The fourth-order valence-corrected chi connectivity index (χ4v) is 3.12. The van der Waals surface area contributed by atoms with Crippen LogP contribution in [0.25, 0.3) is 11.0 Å². The Morgan fingerprint density at radius 2 is 2.00 bits per heavy atom. The lowest BCUT2D eigenvalue weighted by molar-refractivity contribution is 0.368. The summed E-state index contributed by atoms with van der Waals surface area (Å²) in [5, 5.41) is 4.07. The van der Waals surface area contributed by atoms with Gasteiger partial charge in [-0.2, -0.15) is 4.98 Å². The van der Waals surface area contributed by atoms with Gasteiger partial charge in [-0.05, 0) is 12.8 Å². The standard InChI is InChI=1S/C17H17F2N5O/c1-2-16-22-17(23-25-16)10-4-3-5-24(9-10)15-8-20-13-6-11(18)12(19)7-14(13)21-15/h6-8,10H,2-5,9H2,1H3/t10-/m1/s1. The van der Waals surface area contributed by atoms with Crippen molar-refractivity contribution in [1.29, 1.82) is 0 Å². The van der Waals surface area contributed by atoms with Crippen LogP contribution in [0.2, 0.25) is 0 Å². The molecule has 2 aromatic heterocycles. The Morgan fingerprint density at radius 1 is 1.20 bits per heavy atom. The first kappa shape index (κ1) is 15.9. The number of hydrogen-bond donors (Lipinski definition) is 0. The van der Waals surface area contributed by atoms with Gasteiger partial charge in [-0.3, -0.25) is 4.98 Å². The molecule has 0 N–H and O–H groups in total. The molecule has 0 spiro atoms. The zero-order valence-corrected chi connectivity index (χ0v) is 13.7. The highest BCUT2D eigenvalue weighted by Gasteiger charge is 2.26. The summed E-state index contributed by atoms with van der Waals surface area (Å²) in [6.45, 7) is 3.47. The van der Waals surface area contributed by atoms with Crippen molar-refractivity contribution in [3.63, 3.8) is 0 Å². The van der Waals surface area contributed by atoms with E-state index in [4.69, 9.17) is 4.52 Å². The maximum Gasteiger partial charge on any atom is 0.226 e. The topological polar surface area (TPSA) is 67.9 Å². The van der Waals surface area contributed by atoms with Crippen LogP contribution in [0.3, 0.4) is 0 Å². The van der Waals surface area contributed by atoms with Crippen LogP contribution in [-0.4, -0.2) is 33.2 Å². The molecule has 0 bridgehead atoms. The Bertz CT molecular complexity index is 913. The monoisotopic (exact) mass is 345 g/mol. The molecule has 1 aliphatic heterocycles. The number of rotatable bonds is 3. The summed E-state index contributed by atoms with van der Waals surface area (Å²) in [5.74, 6) is 0.298. The van der Waals surface area contributed by atoms with Gasteiger partial charge in [0.05, 0.1) is 17.2 Å². The van der Waals surface area contributed by atoms with Gasteiger partial charge in [0.25, 0.3) is 0 Å². The van der Waals surface area contributed by atoms with E-state index in [0.29, 0.717) is 41.5 Å². The smallest absolute Gasteiger partial charge is 0.226 e. The quantitative estimate of drug-likeness (QED) is 0.726. The van der Waals surface area contributed by atoms with E-state index < -0.39 is 11.6 Å². The van der Waals surface area contributed by atoms with Gasteiger partial charge in [0.1, 0.15) is 5.82 Å². The third kappa shape index (κ3) is 3.04. The number of benzene rings is 1. The second-order valence-corrected chi connectivity index (χ2v) is 6.17. The molecule has 1 saturated heterocycles. The molecule has 4 rings (SSSR count). The van der Waals surface area contributed by atoms with Crippen molar-refractivity contribution >= 4 is 16.9 Å². The Balaban J connectivity index is 1.60. The Hall–Kier alpha value is -2.64. The highest BCUT2D eigenvalue weighted by atomic mass is 19.2. The molecular formula is C17H17F2N5O. The van der Waals surface area contributed by atoms with E-state index in [-0.39, 0.29) is 5.92 Å². The van der Waals surface area contributed by atoms with Crippen LogP contribution in [0.5, 0.6) is 0 Å². The number of anilines is 1. The first-order chi connectivity index (χ1) is 12.1. The lowest BCUT2D eigenvalue weighted by atomic mass is 9.97. The minimum Gasteiger partial charge on any atom is -0.355 e. The number of aromatic nitrogens is 4. The highest BCUT2D eigenvalue weighted by Crippen LogP contribution is 2.28. The van der Waals surface area contributed by atoms with E-state index in [0.717, 1.165) is 31.5 Å². The van der Waals surface area contributed by atoms with E-state index in [1.54, 1.807) is 6.20 Å². The largest absolute Gasteiger partial charge is 0.355 e. The predicted octanol–water partition coefficient (Wildman–Crippen LogP) is 3.24. The van der Waals surface area contributed by atoms with Gasteiger partial charge < -0.3 is 9.42 Å². The molecule has 0 unspecified atom stereocenters. The van der Waals surface area contributed by atoms with E-state index in [2.05, 4.69) is 25.0 Å². The van der Waals surface area contributed by atoms with Gasteiger partial charge in [0.2, 0.25) is 5.89 Å². The van der Waals surface area contributed by atoms with Crippen molar-refractivity contribution < 1.29 is 13.3 Å². The molecule has 0 saturated carbocycles. The maximum absolute atomic E-state index is 13.5. The van der Waals surface area contributed by atoms with Crippen LogP contribution < -0.4 is 4.90 Å². The second kappa shape index (κ2) is 6.34. The van der Waals surface area contributed by atoms with Gasteiger partial charge in [-0.25, -0.2) is 13.8 Å². The average Bonchev–Trinajstić information content (AvgIpc) is 3.12. The molecule has 3 aromatic rings. The number of halogens is 2. The molecule has 25 heavy (non-hydrogen) atoms. The first-order valence-corrected chi connectivity index (χ1v) is 8.33. The number of hydrogen-bond acceptors (Lipinski definition) is 6. The van der Waals surface area contributed by atoms with Gasteiger partial charge >= 0.3 is 0 Å². The molecule has 1 atom stereocenters. The summed E-state index contributed by atoms with van der Waals surface area (Å²) in [5.41, 5.74) is 0.674. The molecular weight excluding hydrogens is 328 g/mol. The molecule has 1 fully saturated rings. The summed E-state index contributed by atoms with van der Waals surface area (Å²) in [6.07, 6.45) is 4.23. The van der Waals surface area contributed by atoms with E-state index in [1.807, 2.05) is 6.92 Å². The Labute approximate surface area is 142 Å². The van der Waals surface area contributed by atoms with Crippen LogP contribution in [0.4, 0.5) is 14.6 Å². The van der Waals surface area contributed by atoms with Crippen LogP contribution in [0, 0.1) is 11.6 Å². The van der Waals surface area contributed by atoms with Crippen LogP contribution in [-0.2, 0) is 6.42 Å². The summed E-state index contributed by atoms with van der Waals surface area (Å²) >= 11 is 0. The molecule has 0 amide bonds. The number of fused-ring (bicyclic) bond motifs is 1. The lowest BCUT2D eigenvalue weighted by Crippen LogP contribution is -2.35. The van der Waals surface area contributed by atoms with Gasteiger partial charge in [-0.15, -0.1) is 0 Å². The van der Waals surface area contributed by atoms with Crippen molar-refractivity contribution in [2.75, 3.05) is 18.0 Å². The second-order valence-electron chi connectivity index (χ2n) is 6.17. The fraction of sp³-hybridized carbons (Fsp3) is 0.412. The van der Waals surface area contributed by atoms with Crippen molar-refractivity contribution in [2.24, 2.45) is 0 Å². The fourth-order valence-electron chi connectivity index (χ4n) is 3.12. The highest BCUT2D eigenvalue weighted by molar-refractivity contribution is 5.75. The van der Waals surface area contributed by atoms with Crippen LogP contribution in [0.1, 0.15) is 37.4 Å². The summed E-state index contributed by atoms with van der Waals surface area (Å²) in [6, 6.07) is 2.14. The minimum atomic E-state index is -0.922. The minimum absolute atomic E-state index is 0.153. The molecule has 8 heteroatoms. The van der Waals surface area contributed by atoms with Crippen molar-refractivity contribution in [1.82, 2.24) is 20.1 Å². The first-order valence-electron chi connectivity index (χ1n) is 8.33. The average molecular weight is 345 g/mol. The SMILES string of the molecule is CCc1nc([C@@H]2CCCN(c3cnc4cc(F)c(F)cc4n3)C2)no1. The number of piperidine rings is 1. The van der Waals surface area contributed by atoms with Crippen molar-refractivity contribution in [2.45, 2.75) is 32.1 Å². The van der Waals surface area contributed by atoms with Crippen LogP contribution in [0.15, 0.2) is 22.9 Å².